The normalized spacial score (nSPS) is 26.2. The minimum absolute atomic E-state index is 0. The van der Waals surface area contributed by atoms with Crippen LogP contribution in [-0.2, 0) is 14.8 Å². The molecule has 2 fully saturated rings. The van der Waals surface area contributed by atoms with E-state index in [0.717, 1.165) is 32.4 Å². The monoisotopic (exact) mass is 325 g/mol. The molecule has 2 aliphatic rings. The Kier molecular flexibility index (Phi) is 6.25. The van der Waals surface area contributed by atoms with Gasteiger partial charge in [0.25, 0.3) is 0 Å². The van der Waals surface area contributed by atoms with Gasteiger partial charge in [-0.3, -0.25) is 4.79 Å². The van der Waals surface area contributed by atoms with Gasteiger partial charge in [-0.25, -0.2) is 8.42 Å². The van der Waals surface area contributed by atoms with Crippen molar-refractivity contribution >= 4 is 28.3 Å². The molecule has 2 bridgehead atoms. The van der Waals surface area contributed by atoms with Crippen molar-refractivity contribution in [3.8, 4) is 0 Å². The molecule has 2 rings (SSSR count). The second-order valence-electron chi connectivity index (χ2n) is 5.34. The third-order valence-electron chi connectivity index (χ3n) is 4.14. The molecule has 6 nitrogen and oxygen atoms in total. The van der Waals surface area contributed by atoms with Gasteiger partial charge in [0.15, 0.2) is 0 Å². The number of hydrogen-bond donors (Lipinski definition) is 1. The van der Waals surface area contributed by atoms with E-state index in [1.807, 2.05) is 4.90 Å². The summed E-state index contributed by atoms with van der Waals surface area (Å²) in [6.45, 7) is 3.32. The molecule has 2 saturated heterocycles. The minimum Gasteiger partial charge on any atom is -0.334 e. The van der Waals surface area contributed by atoms with Crippen molar-refractivity contribution in [1.82, 2.24) is 14.5 Å². The highest BCUT2D eigenvalue weighted by molar-refractivity contribution is 7.89. The van der Waals surface area contributed by atoms with E-state index in [4.69, 9.17) is 0 Å². The van der Waals surface area contributed by atoms with E-state index < -0.39 is 10.0 Å². The number of fused-ring (bicyclic) bond motifs is 2. The van der Waals surface area contributed by atoms with Crippen molar-refractivity contribution < 1.29 is 13.2 Å². The largest absolute Gasteiger partial charge is 0.334 e. The standard InChI is InChI=1S/C12H23N3O3S.ClH/c1-3-19(17,18)14(2)9-12(16)15-10-4-5-11(15)8-13-7-6-10;/h10-11,13H,3-9H2,1-2H3;1H. The van der Waals surface area contributed by atoms with Gasteiger partial charge < -0.3 is 10.2 Å². The number of nitrogens with zero attached hydrogens (tertiary/aromatic N) is 2. The first kappa shape index (κ1) is 17.7. The number of amides is 1. The maximum Gasteiger partial charge on any atom is 0.238 e. The van der Waals surface area contributed by atoms with Crippen LogP contribution in [0.15, 0.2) is 0 Å². The fraction of sp³-hybridized carbons (Fsp3) is 0.917. The van der Waals surface area contributed by atoms with Crippen LogP contribution >= 0.6 is 12.4 Å². The van der Waals surface area contributed by atoms with Crippen LogP contribution in [0.1, 0.15) is 26.2 Å². The summed E-state index contributed by atoms with van der Waals surface area (Å²) in [7, 11) is -1.80. The molecule has 1 amide bonds. The molecule has 2 heterocycles. The Morgan fingerprint density at radius 1 is 1.30 bits per heavy atom. The zero-order chi connectivity index (χ0) is 14.0. The van der Waals surface area contributed by atoms with E-state index in [9.17, 15) is 13.2 Å². The van der Waals surface area contributed by atoms with Crippen molar-refractivity contribution in [2.45, 2.75) is 38.3 Å². The van der Waals surface area contributed by atoms with Gasteiger partial charge in [0.05, 0.1) is 12.3 Å². The van der Waals surface area contributed by atoms with Crippen LogP contribution < -0.4 is 5.32 Å². The van der Waals surface area contributed by atoms with Crippen molar-refractivity contribution in [2.24, 2.45) is 0 Å². The molecule has 0 aromatic carbocycles. The van der Waals surface area contributed by atoms with Crippen LogP contribution in [0.25, 0.3) is 0 Å². The first-order chi connectivity index (χ1) is 8.95. The first-order valence-corrected chi connectivity index (χ1v) is 8.52. The molecule has 0 radical (unpaired) electrons. The van der Waals surface area contributed by atoms with E-state index in [-0.39, 0.29) is 42.7 Å². The van der Waals surface area contributed by atoms with Crippen LogP contribution in [0.5, 0.6) is 0 Å². The minimum atomic E-state index is -3.29. The van der Waals surface area contributed by atoms with Gasteiger partial charge in [-0.15, -0.1) is 12.4 Å². The lowest BCUT2D eigenvalue weighted by atomic mass is 10.1. The number of carbonyl (C=O) groups is 1. The molecule has 118 valence electrons. The van der Waals surface area contributed by atoms with Gasteiger partial charge in [-0.2, -0.15) is 4.31 Å². The number of likely N-dealkylation sites (N-methyl/N-ethyl adjacent to an activating group) is 1. The third kappa shape index (κ3) is 3.63. The molecule has 8 heteroatoms. The average Bonchev–Trinajstić information content (AvgIpc) is 2.62. The second-order valence-corrected chi connectivity index (χ2v) is 7.70. The molecular weight excluding hydrogens is 302 g/mol. The Hall–Kier alpha value is -0.370. The smallest absolute Gasteiger partial charge is 0.238 e. The molecule has 2 unspecified atom stereocenters. The van der Waals surface area contributed by atoms with Crippen molar-refractivity contribution in [3.05, 3.63) is 0 Å². The van der Waals surface area contributed by atoms with Crippen LogP contribution in [-0.4, -0.2) is 68.0 Å². The summed E-state index contributed by atoms with van der Waals surface area (Å²) < 4.78 is 24.6. The quantitative estimate of drug-likeness (QED) is 0.792. The van der Waals surface area contributed by atoms with Gasteiger partial charge in [-0.1, -0.05) is 0 Å². The summed E-state index contributed by atoms with van der Waals surface area (Å²) >= 11 is 0. The van der Waals surface area contributed by atoms with Crippen LogP contribution in [0.2, 0.25) is 0 Å². The zero-order valence-electron chi connectivity index (χ0n) is 12.0. The highest BCUT2D eigenvalue weighted by atomic mass is 35.5. The lowest BCUT2D eigenvalue weighted by Crippen LogP contribution is -2.47. The number of rotatable bonds is 4. The molecule has 0 saturated carbocycles. The van der Waals surface area contributed by atoms with E-state index in [1.54, 1.807) is 6.92 Å². The maximum atomic E-state index is 12.4. The van der Waals surface area contributed by atoms with Gasteiger partial charge in [0, 0.05) is 25.7 Å². The fourth-order valence-electron chi connectivity index (χ4n) is 2.98. The molecule has 0 aromatic heterocycles. The zero-order valence-corrected chi connectivity index (χ0v) is 13.7. The molecule has 0 aliphatic carbocycles. The summed E-state index contributed by atoms with van der Waals surface area (Å²) in [6.07, 6.45) is 3.03. The second kappa shape index (κ2) is 7.06. The van der Waals surface area contributed by atoms with E-state index in [2.05, 4.69) is 5.32 Å². The highest BCUT2D eigenvalue weighted by Crippen LogP contribution is 2.28. The summed E-state index contributed by atoms with van der Waals surface area (Å²) in [4.78, 5) is 14.3. The summed E-state index contributed by atoms with van der Waals surface area (Å²) in [5.74, 6) is -0.0266. The Balaban J connectivity index is 0.00000200. The lowest BCUT2D eigenvalue weighted by molar-refractivity contribution is -0.133. The SMILES string of the molecule is CCS(=O)(=O)N(C)CC(=O)N1C2CCNCC1CC2.Cl. The Bertz CT molecular complexity index is 429. The number of sulfonamides is 1. The van der Waals surface area contributed by atoms with Gasteiger partial charge in [0.1, 0.15) is 0 Å². The number of hydrogen-bond acceptors (Lipinski definition) is 4. The van der Waals surface area contributed by atoms with E-state index in [0.29, 0.717) is 0 Å². The van der Waals surface area contributed by atoms with Gasteiger partial charge in [0.2, 0.25) is 15.9 Å². The molecule has 0 spiro atoms. The van der Waals surface area contributed by atoms with Crippen molar-refractivity contribution in [3.63, 3.8) is 0 Å². The van der Waals surface area contributed by atoms with Gasteiger partial charge >= 0.3 is 0 Å². The predicted molar refractivity (Wildman–Crippen MR) is 80.5 cm³/mol. The Morgan fingerprint density at radius 3 is 2.60 bits per heavy atom. The van der Waals surface area contributed by atoms with Crippen LogP contribution in [0, 0.1) is 0 Å². The molecule has 0 aromatic rings. The number of halogens is 1. The lowest BCUT2D eigenvalue weighted by Gasteiger charge is -2.29. The topological polar surface area (TPSA) is 69.7 Å². The predicted octanol–water partition coefficient (Wildman–Crippen LogP) is 0.0426. The molecular formula is C12H24ClN3O3S. The van der Waals surface area contributed by atoms with Crippen molar-refractivity contribution in [1.29, 1.82) is 0 Å². The molecule has 2 aliphatic heterocycles. The highest BCUT2D eigenvalue weighted by Gasteiger charge is 2.38. The third-order valence-corrected chi connectivity index (χ3v) is 5.95. The molecule has 2 atom stereocenters. The summed E-state index contributed by atoms with van der Waals surface area (Å²) in [5.41, 5.74) is 0. The van der Waals surface area contributed by atoms with Crippen LogP contribution in [0.4, 0.5) is 0 Å². The van der Waals surface area contributed by atoms with Gasteiger partial charge in [-0.05, 0) is 32.7 Å². The van der Waals surface area contributed by atoms with E-state index >= 15 is 0 Å². The summed E-state index contributed by atoms with van der Waals surface area (Å²) in [6, 6.07) is 0.517. The molecule has 20 heavy (non-hydrogen) atoms. The van der Waals surface area contributed by atoms with Crippen LogP contribution in [0.3, 0.4) is 0 Å². The Morgan fingerprint density at radius 2 is 1.95 bits per heavy atom. The number of nitrogens with one attached hydrogen (secondary N) is 1. The number of carbonyl (C=O) groups excluding carboxylic acids is 1. The Labute approximate surface area is 127 Å². The fourth-order valence-corrected chi connectivity index (χ4v) is 3.73. The van der Waals surface area contributed by atoms with Crippen molar-refractivity contribution in [2.75, 3.05) is 32.4 Å². The molecule has 1 N–H and O–H groups in total. The average molecular weight is 326 g/mol. The maximum absolute atomic E-state index is 12.4. The van der Waals surface area contributed by atoms with E-state index in [1.165, 1.54) is 11.4 Å². The summed E-state index contributed by atoms with van der Waals surface area (Å²) in [5, 5.41) is 3.33. The first-order valence-electron chi connectivity index (χ1n) is 6.91.